The van der Waals surface area contributed by atoms with Crippen LogP contribution in [0.15, 0.2) is 29.4 Å². The highest BCUT2D eigenvalue weighted by molar-refractivity contribution is 7.99. The number of halogens is 1. The number of aromatic nitrogens is 1. The Hall–Kier alpha value is -1.13. The van der Waals surface area contributed by atoms with E-state index in [-0.39, 0.29) is 0 Å². The summed E-state index contributed by atoms with van der Waals surface area (Å²) in [5.74, 6) is 3.73. The summed E-state index contributed by atoms with van der Waals surface area (Å²) in [5.41, 5.74) is 0. The van der Waals surface area contributed by atoms with Crippen molar-refractivity contribution < 1.29 is 9.47 Å². The highest BCUT2D eigenvalue weighted by Crippen LogP contribution is 2.37. The minimum Gasteiger partial charge on any atom is -0.486 e. The fourth-order valence-electron chi connectivity index (χ4n) is 2.06. The normalized spacial score (nSPS) is 15.3. The molecule has 0 saturated heterocycles. The number of thioether (sulfide) groups is 1. The number of alkyl halides is 1. The molecule has 0 spiro atoms. The van der Waals surface area contributed by atoms with Crippen molar-refractivity contribution in [3.8, 4) is 11.5 Å². The second-order valence-corrected chi connectivity index (χ2v) is 6.22. The summed E-state index contributed by atoms with van der Waals surface area (Å²) in [4.78, 5) is 4.49. The van der Waals surface area contributed by atoms with Crippen LogP contribution < -0.4 is 9.47 Å². The van der Waals surface area contributed by atoms with Crippen molar-refractivity contribution in [2.45, 2.75) is 11.9 Å². The molecule has 0 amide bonds. The average Bonchev–Trinajstić information content (AvgIpc) is 2.50. The van der Waals surface area contributed by atoms with Crippen molar-refractivity contribution in [2.75, 3.05) is 24.8 Å². The average molecular weight is 310 g/mol. The molecule has 5 heteroatoms. The number of rotatable bonds is 4. The van der Waals surface area contributed by atoms with E-state index in [1.165, 1.54) is 0 Å². The zero-order chi connectivity index (χ0) is 13.9. The van der Waals surface area contributed by atoms with E-state index in [2.05, 4.69) is 11.9 Å². The number of ether oxygens (including phenoxy) is 2. The second kappa shape index (κ2) is 6.10. The number of fused-ring (bicyclic) bond motifs is 2. The summed E-state index contributed by atoms with van der Waals surface area (Å²) in [5, 5.41) is 3.27. The van der Waals surface area contributed by atoms with Gasteiger partial charge in [-0.3, -0.25) is 0 Å². The minimum atomic E-state index is 0.468. The lowest BCUT2D eigenvalue weighted by Gasteiger charge is -2.19. The van der Waals surface area contributed by atoms with Crippen LogP contribution in [0.5, 0.6) is 11.5 Å². The van der Waals surface area contributed by atoms with Gasteiger partial charge < -0.3 is 9.47 Å². The topological polar surface area (TPSA) is 31.4 Å². The van der Waals surface area contributed by atoms with E-state index in [1.807, 2.05) is 24.4 Å². The molecule has 1 aromatic carbocycles. The summed E-state index contributed by atoms with van der Waals surface area (Å²) >= 11 is 7.60. The molecule has 2 heterocycles. The van der Waals surface area contributed by atoms with E-state index < -0.39 is 0 Å². The van der Waals surface area contributed by atoms with Gasteiger partial charge in [0.15, 0.2) is 11.5 Å². The van der Waals surface area contributed by atoms with E-state index in [0.717, 1.165) is 33.1 Å². The maximum absolute atomic E-state index is 5.86. The van der Waals surface area contributed by atoms with Crippen LogP contribution in [0.2, 0.25) is 0 Å². The molecule has 1 aliphatic heterocycles. The molecule has 1 unspecified atom stereocenters. The Bertz CT molecular complexity index is 620. The number of hydrogen-bond acceptors (Lipinski definition) is 4. The number of pyridine rings is 1. The largest absolute Gasteiger partial charge is 0.486 e. The summed E-state index contributed by atoms with van der Waals surface area (Å²) < 4.78 is 11.3. The fourth-order valence-corrected chi connectivity index (χ4v) is 3.33. The van der Waals surface area contributed by atoms with Crippen LogP contribution in [0.4, 0.5) is 0 Å². The van der Waals surface area contributed by atoms with E-state index in [0.29, 0.717) is 25.0 Å². The molecule has 1 aromatic heterocycles. The highest BCUT2D eigenvalue weighted by Gasteiger charge is 2.15. The van der Waals surface area contributed by atoms with Crippen LogP contribution in [-0.2, 0) is 0 Å². The minimum absolute atomic E-state index is 0.468. The number of nitrogens with zero attached hydrogens (tertiary/aromatic N) is 1. The zero-order valence-electron chi connectivity index (χ0n) is 11.3. The van der Waals surface area contributed by atoms with E-state index in [9.17, 15) is 0 Å². The van der Waals surface area contributed by atoms with Gasteiger partial charge in [0.1, 0.15) is 18.2 Å². The van der Waals surface area contributed by atoms with Gasteiger partial charge in [-0.25, -0.2) is 4.98 Å². The molecule has 0 saturated carbocycles. The highest BCUT2D eigenvalue weighted by atomic mass is 35.5. The van der Waals surface area contributed by atoms with Gasteiger partial charge in [0.25, 0.3) is 0 Å². The molecule has 1 aliphatic rings. The molecular weight excluding hydrogens is 294 g/mol. The van der Waals surface area contributed by atoms with Gasteiger partial charge in [-0.2, -0.15) is 0 Å². The molecule has 1 atom stereocenters. The molecule has 0 aliphatic carbocycles. The maximum atomic E-state index is 5.86. The van der Waals surface area contributed by atoms with Crippen molar-refractivity contribution in [2.24, 2.45) is 5.92 Å². The molecule has 0 bridgehead atoms. The van der Waals surface area contributed by atoms with Crippen LogP contribution in [0.25, 0.3) is 10.8 Å². The van der Waals surface area contributed by atoms with Gasteiger partial charge >= 0.3 is 0 Å². The number of hydrogen-bond donors (Lipinski definition) is 0. The Morgan fingerprint density at radius 1 is 1.30 bits per heavy atom. The fraction of sp³-hybridized carbons (Fsp3) is 0.400. The van der Waals surface area contributed by atoms with E-state index in [1.54, 1.807) is 11.8 Å². The number of benzene rings is 1. The molecule has 106 valence electrons. The third kappa shape index (κ3) is 2.81. The van der Waals surface area contributed by atoms with Crippen LogP contribution in [0, 0.1) is 5.92 Å². The Morgan fingerprint density at radius 3 is 2.80 bits per heavy atom. The lowest BCUT2D eigenvalue weighted by Crippen LogP contribution is -2.15. The summed E-state index contributed by atoms with van der Waals surface area (Å²) in [6.45, 7) is 3.35. The molecular formula is C15H16ClNO2S. The van der Waals surface area contributed by atoms with Crippen molar-refractivity contribution in [3.05, 3.63) is 24.4 Å². The van der Waals surface area contributed by atoms with E-state index in [4.69, 9.17) is 21.1 Å². The van der Waals surface area contributed by atoms with Crippen LogP contribution in [-0.4, -0.2) is 29.8 Å². The molecule has 0 radical (unpaired) electrons. The van der Waals surface area contributed by atoms with Crippen molar-refractivity contribution >= 4 is 34.1 Å². The van der Waals surface area contributed by atoms with Gasteiger partial charge in [-0.15, -0.1) is 23.4 Å². The third-order valence-corrected chi connectivity index (χ3v) is 5.02. The predicted molar refractivity (Wildman–Crippen MR) is 83.3 cm³/mol. The second-order valence-electron chi connectivity index (χ2n) is 4.90. The first-order chi connectivity index (χ1) is 9.78. The lowest BCUT2D eigenvalue weighted by atomic mass is 10.1. The molecule has 3 rings (SSSR count). The molecule has 0 N–H and O–H groups in total. The maximum Gasteiger partial charge on any atom is 0.162 e. The van der Waals surface area contributed by atoms with Crippen LogP contribution in [0.1, 0.15) is 6.92 Å². The van der Waals surface area contributed by atoms with Gasteiger partial charge in [0.05, 0.1) is 0 Å². The monoisotopic (exact) mass is 309 g/mol. The van der Waals surface area contributed by atoms with Crippen molar-refractivity contribution in [1.29, 1.82) is 0 Å². The van der Waals surface area contributed by atoms with Crippen LogP contribution >= 0.6 is 23.4 Å². The smallest absolute Gasteiger partial charge is 0.162 e. The predicted octanol–water partition coefficient (Wildman–Crippen LogP) is 3.97. The van der Waals surface area contributed by atoms with E-state index >= 15 is 0 Å². The first kappa shape index (κ1) is 13.8. The molecule has 3 nitrogen and oxygen atoms in total. The Kier molecular flexibility index (Phi) is 4.22. The molecule has 2 aromatic rings. The third-order valence-electron chi connectivity index (χ3n) is 3.16. The SMILES string of the molecule is CC(CCl)CSc1nccc2cc3c(cc12)OCCO3. The first-order valence-corrected chi connectivity index (χ1v) is 8.17. The van der Waals surface area contributed by atoms with Gasteiger partial charge in [0.2, 0.25) is 0 Å². The lowest BCUT2D eigenvalue weighted by molar-refractivity contribution is 0.172. The standard InChI is InChI=1S/C15H16ClNO2S/c1-10(8-16)9-20-15-12-7-14-13(18-4-5-19-14)6-11(12)2-3-17-15/h2-3,6-7,10H,4-5,8-9H2,1H3. The van der Waals surface area contributed by atoms with Crippen LogP contribution in [0.3, 0.4) is 0 Å². The summed E-state index contributed by atoms with van der Waals surface area (Å²) in [7, 11) is 0. The Morgan fingerprint density at radius 2 is 2.05 bits per heavy atom. The van der Waals surface area contributed by atoms with Crippen molar-refractivity contribution in [1.82, 2.24) is 4.98 Å². The first-order valence-electron chi connectivity index (χ1n) is 6.65. The molecule has 20 heavy (non-hydrogen) atoms. The quantitative estimate of drug-likeness (QED) is 0.631. The molecule has 0 fully saturated rings. The van der Waals surface area contributed by atoms with Gasteiger partial charge in [-0.1, -0.05) is 6.92 Å². The van der Waals surface area contributed by atoms with Crippen molar-refractivity contribution in [3.63, 3.8) is 0 Å². The van der Waals surface area contributed by atoms with Gasteiger partial charge in [0, 0.05) is 23.2 Å². The van der Waals surface area contributed by atoms with Gasteiger partial charge in [-0.05, 0) is 29.5 Å². The summed E-state index contributed by atoms with van der Waals surface area (Å²) in [6, 6.07) is 6.06. The summed E-state index contributed by atoms with van der Waals surface area (Å²) in [6.07, 6.45) is 1.84. The Labute approximate surface area is 127 Å². The zero-order valence-corrected chi connectivity index (χ0v) is 12.8. The Balaban J connectivity index is 1.96.